The van der Waals surface area contributed by atoms with Gasteiger partial charge >= 0.3 is 5.97 Å². The van der Waals surface area contributed by atoms with Crippen LogP contribution in [0, 0.1) is 0 Å². The van der Waals surface area contributed by atoms with Crippen molar-refractivity contribution in [1.82, 2.24) is 0 Å². The van der Waals surface area contributed by atoms with Crippen molar-refractivity contribution in [1.29, 1.82) is 0 Å². The van der Waals surface area contributed by atoms with Gasteiger partial charge in [0.15, 0.2) is 5.78 Å². The highest BCUT2D eigenvalue weighted by molar-refractivity contribution is 6.42. The predicted octanol–water partition coefficient (Wildman–Crippen LogP) is 1.52. The summed E-state index contributed by atoms with van der Waals surface area (Å²) in [4.78, 5) is 26.9. The Kier molecular flexibility index (Phi) is 2.33. The highest BCUT2D eigenvalue weighted by Gasteiger charge is 2.24. The molecule has 1 aromatic rings. The van der Waals surface area contributed by atoms with Gasteiger partial charge in [0, 0.05) is 5.56 Å². The number of rotatable bonds is 1. The molecule has 0 spiro atoms. The second-order valence-corrected chi connectivity index (χ2v) is 3.17. The van der Waals surface area contributed by atoms with Gasteiger partial charge in [-0.2, -0.15) is 0 Å². The van der Waals surface area contributed by atoms with Crippen molar-refractivity contribution in [2.75, 3.05) is 7.11 Å². The number of hydrogen-bond acceptors (Lipinski definition) is 4. The van der Waals surface area contributed by atoms with Crippen molar-refractivity contribution < 1.29 is 14.3 Å². The maximum atomic E-state index is 11.6. The molecule has 0 amide bonds. The van der Waals surface area contributed by atoms with Crippen LogP contribution in [0.2, 0.25) is 0 Å². The molecule has 0 atom stereocenters. The van der Waals surface area contributed by atoms with Crippen molar-refractivity contribution in [2.24, 2.45) is 4.99 Å². The zero-order valence-corrected chi connectivity index (χ0v) is 8.19. The Labute approximate surface area is 86.6 Å². The monoisotopic (exact) mass is 203 g/mol. The lowest BCUT2D eigenvalue weighted by Gasteiger charge is -2.12. The number of benzene rings is 1. The summed E-state index contributed by atoms with van der Waals surface area (Å²) in [6.45, 7) is 0. The van der Waals surface area contributed by atoms with Crippen LogP contribution in [0.4, 0.5) is 5.69 Å². The van der Waals surface area contributed by atoms with Crippen molar-refractivity contribution in [2.45, 2.75) is 6.42 Å². The predicted molar refractivity (Wildman–Crippen MR) is 54.5 cm³/mol. The van der Waals surface area contributed by atoms with Crippen molar-refractivity contribution in [3.63, 3.8) is 0 Å². The minimum atomic E-state index is -0.544. The minimum absolute atomic E-state index is 0.0175. The van der Waals surface area contributed by atoms with E-state index in [4.69, 9.17) is 0 Å². The molecule has 2 rings (SSSR count). The standard InChI is InChI=1S/C11H9NO3/c1-15-11(14)9-6-10(13)7-4-2-3-5-8(7)12-9/h2-5H,6H2,1H3. The number of aliphatic imine (C=N–C) groups is 1. The fourth-order valence-electron chi connectivity index (χ4n) is 1.47. The maximum Gasteiger partial charge on any atom is 0.352 e. The first-order valence-electron chi connectivity index (χ1n) is 4.50. The summed E-state index contributed by atoms with van der Waals surface area (Å²) in [5.74, 6) is -0.640. The van der Waals surface area contributed by atoms with E-state index < -0.39 is 5.97 Å². The molecule has 76 valence electrons. The van der Waals surface area contributed by atoms with Crippen LogP contribution in [0.5, 0.6) is 0 Å². The van der Waals surface area contributed by atoms with Crippen LogP contribution >= 0.6 is 0 Å². The van der Waals surface area contributed by atoms with Gasteiger partial charge in [-0.1, -0.05) is 12.1 Å². The second-order valence-electron chi connectivity index (χ2n) is 3.17. The lowest BCUT2D eigenvalue weighted by atomic mass is 10.0. The van der Waals surface area contributed by atoms with Gasteiger partial charge in [0.1, 0.15) is 5.71 Å². The molecule has 0 aromatic heterocycles. The average Bonchev–Trinajstić information content (AvgIpc) is 2.28. The summed E-state index contributed by atoms with van der Waals surface area (Å²) in [5.41, 5.74) is 1.26. The van der Waals surface area contributed by atoms with Gasteiger partial charge in [-0.3, -0.25) is 4.79 Å². The van der Waals surface area contributed by atoms with Crippen LogP contribution in [-0.2, 0) is 9.53 Å². The molecule has 4 nitrogen and oxygen atoms in total. The van der Waals surface area contributed by atoms with E-state index in [0.29, 0.717) is 11.3 Å². The first-order valence-corrected chi connectivity index (χ1v) is 4.50. The summed E-state index contributed by atoms with van der Waals surface area (Å²) in [6, 6.07) is 6.95. The molecule has 0 unspecified atom stereocenters. The quantitative estimate of drug-likeness (QED) is 0.650. The Morgan fingerprint density at radius 1 is 1.40 bits per heavy atom. The van der Waals surface area contributed by atoms with E-state index in [1.54, 1.807) is 24.3 Å². The number of ketones is 1. The van der Waals surface area contributed by atoms with Gasteiger partial charge in [0.05, 0.1) is 19.2 Å². The number of ether oxygens (including phenoxy) is 1. The zero-order chi connectivity index (χ0) is 10.8. The number of carbonyl (C=O) groups is 2. The Bertz CT molecular complexity index is 463. The number of Topliss-reactive ketones (excluding diaryl/α,β-unsaturated/α-hetero) is 1. The van der Waals surface area contributed by atoms with Gasteiger partial charge in [-0.05, 0) is 12.1 Å². The Morgan fingerprint density at radius 2 is 2.13 bits per heavy atom. The largest absolute Gasteiger partial charge is 0.465 e. The molecule has 4 heteroatoms. The minimum Gasteiger partial charge on any atom is -0.465 e. The van der Waals surface area contributed by atoms with E-state index in [9.17, 15) is 9.59 Å². The smallest absolute Gasteiger partial charge is 0.352 e. The molecular weight excluding hydrogens is 194 g/mol. The lowest BCUT2D eigenvalue weighted by Crippen LogP contribution is -2.22. The third-order valence-electron chi connectivity index (χ3n) is 2.21. The SMILES string of the molecule is COC(=O)C1=Nc2ccccc2C(=O)C1. The summed E-state index contributed by atoms with van der Waals surface area (Å²) >= 11 is 0. The summed E-state index contributed by atoms with van der Waals surface area (Å²) in [5, 5.41) is 0. The van der Waals surface area contributed by atoms with Crippen LogP contribution in [0.25, 0.3) is 0 Å². The molecule has 0 aliphatic carbocycles. The Hall–Kier alpha value is -1.97. The van der Waals surface area contributed by atoms with E-state index in [1.807, 2.05) is 0 Å². The second kappa shape index (κ2) is 3.65. The van der Waals surface area contributed by atoms with E-state index in [2.05, 4.69) is 9.73 Å². The number of hydrogen-bond donors (Lipinski definition) is 0. The van der Waals surface area contributed by atoms with Crippen molar-refractivity contribution >= 4 is 23.2 Å². The van der Waals surface area contributed by atoms with Crippen molar-refractivity contribution in [3.05, 3.63) is 29.8 Å². The summed E-state index contributed by atoms with van der Waals surface area (Å²) in [7, 11) is 1.27. The zero-order valence-electron chi connectivity index (χ0n) is 8.19. The van der Waals surface area contributed by atoms with E-state index in [1.165, 1.54) is 7.11 Å². The molecular formula is C11H9NO3. The number of esters is 1. The average molecular weight is 203 g/mol. The molecule has 1 aliphatic rings. The normalized spacial score (nSPS) is 14.2. The highest BCUT2D eigenvalue weighted by atomic mass is 16.5. The van der Waals surface area contributed by atoms with E-state index in [-0.39, 0.29) is 17.9 Å². The van der Waals surface area contributed by atoms with Crippen LogP contribution < -0.4 is 0 Å². The fraction of sp³-hybridized carbons (Fsp3) is 0.182. The number of para-hydroxylation sites is 1. The van der Waals surface area contributed by atoms with Gasteiger partial charge in [0.2, 0.25) is 0 Å². The van der Waals surface area contributed by atoms with Crippen LogP contribution in [0.15, 0.2) is 29.3 Å². The Balaban J connectivity index is 2.47. The molecule has 1 aliphatic heterocycles. The number of nitrogens with zero attached hydrogens (tertiary/aromatic N) is 1. The molecule has 0 fully saturated rings. The number of methoxy groups -OCH3 is 1. The summed E-state index contributed by atoms with van der Waals surface area (Å²) < 4.78 is 4.53. The van der Waals surface area contributed by atoms with Crippen LogP contribution in [0.3, 0.4) is 0 Å². The fourth-order valence-corrected chi connectivity index (χ4v) is 1.47. The number of fused-ring (bicyclic) bond motifs is 1. The van der Waals surface area contributed by atoms with E-state index >= 15 is 0 Å². The third-order valence-corrected chi connectivity index (χ3v) is 2.21. The lowest BCUT2D eigenvalue weighted by molar-refractivity contribution is -0.132. The molecule has 0 N–H and O–H groups in total. The maximum absolute atomic E-state index is 11.6. The van der Waals surface area contributed by atoms with Crippen LogP contribution in [0.1, 0.15) is 16.8 Å². The first kappa shape index (κ1) is 9.58. The van der Waals surface area contributed by atoms with Gasteiger partial charge in [0.25, 0.3) is 0 Å². The van der Waals surface area contributed by atoms with E-state index in [0.717, 1.165) is 0 Å². The molecule has 0 radical (unpaired) electrons. The highest BCUT2D eigenvalue weighted by Crippen LogP contribution is 2.25. The molecule has 15 heavy (non-hydrogen) atoms. The third kappa shape index (κ3) is 1.66. The number of carbonyl (C=O) groups excluding carboxylic acids is 2. The van der Waals surface area contributed by atoms with Gasteiger partial charge in [-0.15, -0.1) is 0 Å². The Morgan fingerprint density at radius 3 is 2.87 bits per heavy atom. The first-order chi connectivity index (χ1) is 7.22. The van der Waals surface area contributed by atoms with Gasteiger partial charge in [-0.25, -0.2) is 9.79 Å². The molecule has 0 saturated carbocycles. The van der Waals surface area contributed by atoms with Crippen LogP contribution in [-0.4, -0.2) is 24.6 Å². The molecule has 0 saturated heterocycles. The van der Waals surface area contributed by atoms with Gasteiger partial charge < -0.3 is 4.74 Å². The molecule has 1 heterocycles. The van der Waals surface area contributed by atoms with Crippen molar-refractivity contribution in [3.8, 4) is 0 Å². The molecule has 1 aromatic carbocycles. The summed E-state index contributed by atoms with van der Waals surface area (Å²) in [6.07, 6.45) is 0.0175. The molecule has 0 bridgehead atoms. The topological polar surface area (TPSA) is 55.7 Å².